The molecule has 0 heterocycles. The molecule has 0 aromatic heterocycles. The maximum Gasteiger partial charge on any atom is 0.00718 e. The van der Waals surface area contributed by atoms with Crippen molar-refractivity contribution in [2.24, 2.45) is 0 Å². The minimum absolute atomic E-state index is 1.05. The van der Waals surface area contributed by atoms with Crippen molar-refractivity contribution >= 4 is 22.0 Å². The molecule has 1 aromatic carbocycles. The topological polar surface area (TPSA) is 0 Å². The number of rotatable bonds is 2. The fourth-order valence-electron chi connectivity index (χ4n) is 1.74. The van der Waals surface area contributed by atoms with Crippen LogP contribution in [-0.4, -0.2) is 5.33 Å². The van der Waals surface area contributed by atoms with E-state index in [9.17, 15) is 0 Å². The van der Waals surface area contributed by atoms with Crippen LogP contribution in [0.3, 0.4) is 0 Å². The highest BCUT2D eigenvalue weighted by atomic mass is 79.9. The molecule has 0 bridgehead atoms. The summed E-state index contributed by atoms with van der Waals surface area (Å²) in [6.45, 7) is 0. The summed E-state index contributed by atoms with van der Waals surface area (Å²) in [6, 6.07) is 6.84. The zero-order valence-electron chi connectivity index (χ0n) is 7.59. The van der Waals surface area contributed by atoms with Crippen LogP contribution in [0.25, 0.3) is 6.08 Å². The number of hydrogen-bond acceptors (Lipinski definition) is 0. The van der Waals surface area contributed by atoms with Gasteiger partial charge in [-0.15, -0.1) is 0 Å². The van der Waals surface area contributed by atoms with Gasteiger partial charge in [0, 0.05) is 5.33 Å². The second-order valence-electron chi connectivity index (χ2n) is 3.41. The van der Waals surface area contributed by atoms with E-state index < -0.39 is 0 Å². The van der Waals surface area contributed by atoms with Crippen LogP contribution in [0.2, 0.25) is 0 Å². The monoisotopic (exact) mass is 236 g/mol. The molecule has 0 unspecified atom stereocenters. The molecule has 2 rings (SSSR count). The van der Waals surface area contributed by atoms with Gasteiger partial charge >= 0.3 is 0 Å². The molecule has 0 atom stereocenters. The molecule has 0 saturated carbocycles. The molecule has 0 nitrogen and oxygen atoms in total. The average Bonchev–Trinajstić information content (AvgIpc) is 2.18. The Kier molecular flexibility index (Phi) is 2.84. The highest BCUT2D eigenvalue weighted by Crippen LogP contribution is 2.20. The number of fused-ring (bicyclic) bond motifs is 1. The Bertz CT molecular complexity index is 326. The molecule has 0 aliphatic heterocycles. The van der Waals surface area contributed by atoms with E-state index in [0.717, 1.165) is 11.8 Å². The van der Waals surface area contributed by atoms with E-state index in [1.807, 2.05) is 0 Å². The standard InChI is InChI=1S/C12H13Br/c13-8-7-10-5-6-11-3-1-2-4-12(11)9-10/h2,4-6,9H,1,3,7-8H2. The Morgan fingerprint density at radius 1 is 1.31 bits per heavy atom. The van der Waals surface area contributed by atoms with Crippen LogP contribution in [0.15, 0.2) is 24.3 Å². The largest absolute Gasteiger partial charge is 0.0924 e. The number of alkyl halides is 1. The lowest BCUT2D eigenvalue weighted by molar-refractivity contribution is 0.980. The quantitative estimate of drug-likeness (QED) is 0.689. The fourth-order valence-corrected chi connectivity index (χ4v) is 2.20. The summed E-state index contributed by atoms with van der Waals surface area (Å²) >= 11 is 3.46. The predicted octanol–water partition coefficient (Wildman–Crippen LogP) is 3.58. The van der Waals surface area contributed by atoms with E-state index in [1.54, 1.807) is 0 Å². The maximum absolute atomic E-state index is 3.46. The molecule has 1 aliphatic carbocycles. The van der Waals surface area contributed by atoms with Crippen molar-refractivity contribution in [2.75, 3.05) is 5.33 Å². The molecule has 13 heavy (non-hydrogen) atoms. The summed E-state index contributed by atoms with van der Waals surface area (Å²) in [6.07, 6.45) is 8.04. The molecule has 68 valence electrons. The Balaban J connectivity index is 2.31. The molecular formula is C12H13Br. The van der Waals surface area contributed by atoms with E-state index in [2.05, 4.69) is 46.3 Å². The van der Waals surface area contributed by atoms with Crippen LogP contribution >= 0.6 is 15.9 Å². The Morgan fingerprint density at radius 3 is 3.08 bits per heavy atom. The zero-order valence-corrected chi connectivity index (χ0v) is 9.18. The molecule has 1 aromatic rings. The van der Waals surface area contributed by atoms with E-state index >= 15 is 0 Å². The molecule has 0 radical (unpaired) electrons. The van der Waals surface area contributed by atoms with Crippen molar-refractivity contribution in [3.05, 3.63) is 41.0 Å². The van der Waals surface area contributed by atoms with Crippen LogP contribution in [0, 0.1) is 0 Å². The Hall–Kier alpha value is -0.560. The van der Waals surface area contributed by atoms with Crippen molar-refractivity contribution in [3.63, 3.8) is 0 Å². The van der Waals surface area contributed by atoms with Gasteiger partial charge in [-0.05, 0) is 36.0 Å². The predicted molar refractivity (Wildman–Crippen MR) is 61.3 cm³/mol. The normalized spacial score (nSPS) is 14.2. The number of allylic oxidation sites excluding steroid dienone is 1. The first-order valence-electron chi connectivity index (χ1n) is 4.74. The average molecular weight is 237 g/mol. The number of hydrogen-bond donors (Lipinski definition) is 0. The van der Waals surface area contributed by atoms with Crippen LogP contribution in [-0.2, 0) is 12.8 Å². The number of halogens is 1. The number of benzene rings is 1. The van der Waals surface area contributed by atoms with Crippen molar-refractivity contribution in [2.45, 2.75) is 19.3 Å². The lowest BCUT2D eigenvalue weighted by Crippen LogP contribution is -1.96. The van der Waals surface area contributed by atoms with Crippen LogP contribution in [0.4, 0.5) is 0 Å². The fraction of sp³-hybridized carbons (Fsp3) is 0.333. The van der Waals surface area contributed by atoms with Crippen molar-refractivity contribution in [1.82, 2.24) is 0 Å². The first-order valence-corrected chi connectivity index (χ1v) is 5.86. The van der Waals surface area contributed by atoms with Gasteiger partial charge in [-0.25, -0.2) is 0 Å². The lowest BCUT2D eigenvalue weighted by Gasteiger charge is -2.11. The first-order chi connectivity index (χ1) is 6.40. The zero-order chi connectivity index (χ0) is 9.10. The Labute approximate surface area is 87.8 Å². The number of aryl methyl sites for hydroxylation is 2. The third-order valence-corrected chi connectivity index (χ3v) is 2.87. The first kappa shape index (κ1) is 9.01. The van der Waals surface area contributed by atoms with Gasteiger partial charge in [-0.1, -0.05) is 46.3 Å². The van der Waals surface area contributed by atoms with Crippen molar-refractivity contribution in [1.29, 1.82) is 0 Å². The Morgan fingerprint density at radius 2 is 2.23 bits per heavy atom. The summed E-state index contributed by atoms with van der Waals surface area (Å²) < 4.78 is 0. The molecule has 1 aliphatic rings. The lowest BCUT2D eigenvalue weighted by atomic mass is 9.95. The van der Waals surface area contributed by atoms with Gasteiger partial charge in [0.15, 0.2) is 0 Å². The summed E-state index contributed by atoms with van der Waals surface area (Å²) in [5.41, 5.74) is 4.35. The van der Waals surface area contributed by atoms with Gasteiger partial charge in [0.25, 0.3) is 0 Å². The van der Waals surface area contributed by atoms with Crippen molar-refractivity contribution in [3.8, 4) is 0 Å². The third-order valence-electron chi connectivity index (χ3n) is 2.47. The second-order valence-corrected chi connectivity index (χ2v) is 4.21. The highest BCUT2D eigenvalue weighted by Gasteiger charge is 2.04. The van der Waals surface area contributed by atoms with E-state index in [1.165, 1.54) is 29.5 Å². The highest BCUT2D eigenvalue weighted by molar-refractivity contribution is 9.09. The van der Waals surface area contributed by atoms with Gasteiger partial charge in [-0.2, -0.15) is 0 Å². The van der Waals surface area contributed by atoms with Gasteiger partial charge < -0.3 is 0 Å². The van der Waals surface area contributed by atoms with Gasteiger partial charge in [0.1, 0.15) is 0 Å². The van der Waals surface area contributed by atoms with Crippen LogP contribution in [0.1, 0.15) is 23.1 Å². The summed E-state index contributed by atoms with van der Waals surface area (Å²) in [4.78, 5) is 0. The summed E-state index contributed by atoms with van der Waals surface area (Å²) in [5.74, 6) is 0. The molecular weight excluding hydrogens is 224 g/mol. The van der Waals surface area contributed by atoms with Gasteiger partial charge in [-0.3, -0.25) is 0 Å². The van der Waals surface area contributed by atoms with E-state index in [-0.39, 0.29) is 0 Å². The van der Waals surface area contributed by atoms with E-state index in [0.29, 0.717) is 0 Å². The minimum atomic E-state index is 1.05. The van der Waals surface area contributed by atoms with Crippen LogP contribution < -0.4 is 0 Å². The van der Waals surface area contributed by atoms with Crippen molar-refractivity contribution < 1.29 is 0 Å². The SMILES string of the molecule is BrCCc1ccc2c(c1)C=CCC2. The molecule has 0 fully saturated rings. The smallest absolute Gasteiger partial charge is 0.00718 e. The molecule has 0 saturated heterocycles. The van der Waals surface area contributed by atoms with E-state index in [4.69, 9.17) is 0 Å². The minimum Gasteiger partial charge on any atom is -0.0924 e. The second kappa shape index (κ2) is 4.10. The van der Waals surface area contributed by atoms with Crippen LogP contribution in [0.5, 0.6) is 0 Å². The third kappa shape index (κ3) is 2.02. The molecule has 0 N–H and O–H groups in total. The molecule has 1 heteroatoms. The molecule has 0 amide bonds. The van der Waals surface area contributed by atoms with Gasteiger partial charge in [0.2, 0.25) is 0 Å². The maximum atomic E-state index is 3.46. The summed E-state index contributed by atoms with van der Waals surface area (Å²) in [7, 11) is 0. The molecule has 0 spiro atoms. The van der Waals surface area contributed by atoms with Gasteiger partial charge in [0.05, 0.1) is 0 Å². The summed E-state index contributed by atoms with van der Waals surface area (Å²) in [5, 5.41) is 1.05.